The Labute approximate surface area is 124 Å². The Bertz CT molecular complexity index is 728. The summed E-state index contributed by atoms with van der Waals surface area (Å²) in [6, 6.07) is 1.65. The maximum absolute atomic E-state index is 10.5. The molecular weight excluding hydrogens is 298 g/mol. The first kappa shape index (κ1) is 14.3. The number of fused-ring (bicyclic) bond motifs is 1. The lowest BCUT2D eigenvalue weighted by atomic mass is 9.95. The topological polar surface area (TPSA) is 101 Å². The summed E-state index contributed by atoms with van der Waals surface area (Å²) in [5, 5.41) is 30.6. The summed E-state index contributed by atoms with van der Waals surface area (Å²) in [6.07, 6.45) is 4.68. The predicted molar refractivity (Wildman–Crippen MR) is 73.3 cm³/mol. The Kier molecular flexibility index (Phi) is 3.36. The van der Waals surface area contributed by atoms with Crippen molar-refractivity contribution in [2.45, 2.75) is 24.0 Å². The molecule has 21 heavy (non-hydrogen) atoms. The molecule has 1 aliphatic rings. The minimum atomic E-state index is -1.99. The smallest absolute Gasteiger partial charge is 0.199 e. The predicted octanol–water partition coefficient (Wildman–Crippen LogP) is -0.300. The highest BCUT2D eigenvalue weighted by Crippen LogP contribution is 2.39. The Balaban J connectivity index is 2.14. The van der Waals surface area contributed by atoms with E-state index in [-0.39, 0.29) is 5.15 Å². The number of ether oxygens (including phenoxy) is 1. The van der Waals surface area contributed by atoms with E-state index in [1.54, 1.807) is 12.3 Å². The fraction of sp³-hybridized carbons (Fsp3) is 0.385. The molecule has 7 nitrogen and oxygen atoms in total. The van der Waals surface area contributed by atoms with Crippen molar-refractivity contribution < 1.29 is 20.1 Å². The van der Waals surface area contributed by atoms with Gasteiger partial charge in [0.1, 0.15) is 29.3 Å². The van der Waals surface area contributed by atoms with Gasteiger partial charge in [-0.15, -0.1) is 6.42 Å². The van der Waals surface area contributed by atoms with Gasteiger partial charge in [0.25, 0.3) is 0 Å². The standard InChI is InChI=1S/C13H12ClN3O4/c1-2-13(20)9(19)8(5-18)21-12(13)17-4-3-7-10(14)15-6-16-11(7)17/h1,3-4,6,8-9,12,18-20H,5H2/t8-,9-,12-,13-/m1/s1. The highest BCUT2D eigenvalue weighted by Gasteiger charge is 2.55. The Morgan fingerprint density at radius 1 is 1.52 bits per heavy atom. The lowest BCUT2D eigenvalue weighted by Gasteiger charge is -2.26. The van der Waals surface area contributed by atoms with Gasteiger partial charge in [-0.25, -0.2) is 9.97 Å². The van der Waals surface area contributed by atoms with Crippen LogP contribution in [0.15, 0.2) is 18.6 Å². The summed E-state index contributed by atoms with van der Waals surface area (Å²) in [4.78, 5) is 7.94. The van der Waals surface area contributed by atoms with Crippen LogP contribution in [0.25, 0.3) is 11.0 Å². The summed E-state index contributed by atoms with van der Waals surface area (Å²) in [5.41, 5.74) is -1.59. The first-order valence-electron chi connectivity index (χ1n) is 6.14. The van der Waals surface area contributed by atoms with Gasteiger partial charge < -0.3 is 24.6 Å². The molecule has 1 fully saturated rings. The van der Waals surface area contributed by atoms with Crippen LogP contribution in [0.5, 0.6) is 0 Å². The summed E-state index contributed by atoms with van der Waals surface area (Å²) >= 11 is 5.97. The zero-order valence-electron chi connectivity index (χ0n) is 10.7. The molecular formula is C13H12ClN3O4. The van der Waals surface area contributed by atoms with E-state index < -0.39 is 30.6 Å². The van der Waals surface area contributed by atoms with E-state index >= 15 is 0 Å². The molecule has 2 aromatic rings. The first-order valence-corrected chi connectivity index (χ1v) is 6.52. The van der Waals surface area contributed by atoms with Crippen molar-refractivity contribution in [2.24, 2.45) is 0 Å². The van der Waals surface area contributed by atoms with E-state index in [1.807, 2.05) is 0 Å². The zero-order valence-corrected chi connectivity index (χ0v) is 11.5. The molecule has 0 saturated carbocycles. The molecule has 3 N–H and O–H groups in total. The minimum absolute atomic E-state index is 0.250. The van der Waals surface area contributed by atoms with Crippen molar-refractivity contribution in [1.29, 1.82) is 0 Å². The van der Waals surface area contributed by atoms with Gasteiger partial charge in [-0.1, -0.05) is 17.5 Å². The average molecular weight is 310 g/mol. The number of aromatic nitrogens is 3. The molecule has 0 unspecified atom stereocenters. The van der Waals surface area contributed by atoms with Crippen molar-refractivity contribution in [2.75, 3.05) is 6.61 Å². The fourth-order valence-corrected chi connectivity index (χ4v) is 2.67. The normalized spacial score (nSPS) is 32.4. The van der Waals surface area contributed by atoms with Gasteiger partial charge in [0, 0.05) is 6.20 Å². The van der Waals surface area contributed by atoms with Crippen LogP contribution < -0.4 is 0 Å². The van der Waals surface area contributed by atoms with E-state index in [0.717, 1.165) is 0 Å². The van der Waals surface area contributed by atoms with Gasteiger partial charge in [0.05, 0.1) is 12.0 Å². The Morgan fingerprint density at radius 3 is 2.95 bits per heavy atom. The highest BCUT2D eigenvalue weighted by atomic mass is 35.5. The SMILES string of the molecule is C#C[C@@]1(O)[C@H](O)[C@@H](CO)O[C@H]1n1ccc2c(Cl)ncnc21. The molecule has 1 aliphatic heterocycles. The van der Waals surface area contributed by atoms with Crippen LogP contribution in [0.3, 0.4) is 0 Å². The summed E-state index contributed by atoms with van der Waals surface area (Å²) < 4.78 is 6.95. The first-order chi connectivity index (χ1) is 10.0. The number of nitrogens with zero attached hydrogens (tertiary/aromatic N) is 3. The van der Waals surface area contributed by atoms with Gasteiger partial charge in [0.15, 0.2) is 11.8 Å². The molecule has 3 rings (SSSR count). The lowest BCUT2D eigenvalue weighted by Crippen LogP contribution is -2.45. The third kappa shape index (κ3) is 1.92. The molecule has 1 saturated heterocycles. The van der Waals surface area contributed by atoms with Crippen LogP contribution in [0.2, 0.25) is 5.15 Å². The third-order valence-corrected chi connectivity index (χ3v) is 3.91. The minimum Gasteiger partial charge on any atom is -0.394 e. The van der Waals surface area contributed by atoms with Gasteiger partial charge >= 0.3 is 0 Å². The van der Waals surface area contributed by atoms with E-state index in [4.69, 9.17) is 22.8 Å². The maximum Gasteiger partial charge on any atom is 0.199 e. The van der Waals surface area contributed by atoms with E-state index in [1.165, 1.54) is 10.9 Å². The third-order valence-electron chi connectivity index (χ3n) is 3.61. The molecule has 110 valence electrons. The molecule has 0 spiro atoms. The number of halogens is 1. The van der Waals surface area contributed by atoms with Crippen LogP contribution in [-0.2, 0) is 4.74 Å². The fourth-order valence-electron chi connectivity index (χ4n) is 2.48. The van der Waals surface area contributed by atoms with Crippen molar-refractivity contribution in [3.8, 4) is 12.3 Å². The van der Waals surface area contributed by atoms with Crippen LogP contribution >= 0.6 is 11.6 Å². The van der Waals surface area contributed by atoms with Crippen molar-refractivity contribution in [3.63, 3.8) is 0 Å². The van der Waals surface area contributed by atoms with Crippen molar-refractivity contribution >= 4 is 22.6 Å². The quantitative estimate of drug-likeness (QED) is 0.520. The molecule has 4 atom stereocenters. The second-order valence-electron chi connectivity index (χ2n) is 4.75. The van der Waals surface area contributed by atoms with E-state index in [9.17, 15) is 15.3 Å². The zero-order chi connectivity index (χ0) is 15.2. The Hall–Kier alpha value is -1.69. The Morgan fingerprint density at radius 2 is 2.29 bits per heavy atom. The van der Waals surface area contributed by atoms with Gasteiger partial charge in [-0.2, -0.15) is 0 Å². The van der Waals surface area contributed by atoms with E-state index in [2.05, 4.69) is 15.9 Å². The van der Waals surface area contributed by atoms with Crippen molar-refractivity contribution in [3.05, 3.63) is 23.7 Å². The monoisotopic (exact) mass is 309 g/mol. The molecule has 2 aromatic heterocycles. The molecule has 0 radical (unpaired) electrons. The van der Waals surface area contributed by atoms with Crippen LogP contribution in [0.4, 0.5) is 0 Å². The number of hydrogen-bond donors (Lipinski definition) is 3. The summed E-state index contributed by atoms with van der Waals surface area (Å²) in [5.74, 6) is 2.14. The van der Waals surface area contributed by atoms with Gasteiger partial charge in [0.2, 0.25) is 0 Å². The van der Waals surface area contributed by atoms with Crippen molar-refractivity contribution in [1.82, 2.24) is 14.5 Å². The van der Waals surface area contributed by atoms with Crippen LogP contribution in [0, 0.1) is 12.3 Å². The second kappa shape index (κ2) is 4.94. The van der Waals surface area contributed by atoms with Gasteiger partial charge in [-0.05, 0) is 6.07 Å². The highest BCUT2D eigenvalue weighted by molar-refractivity contribution is 6.33. The number of rotatable bonds is 2. The summed E-state index contributed by atoms with van der Waals surface area (Å²) in [6.45, 7) is -0.476. The molecule has 3 heterocycles. The number of aliphatic hydroxyl groups is 3. The molecule has 8 heteroatoms. The van der Waals surface area contributed by atoms with Crippen LogP contribution in [-0.4, -0.2) is 54.3 Å². The van der Waals surface area contributed by atoms with Gasteiger partial charge in [-0.3, -0.25) is 0 Å². The molecule has 0 aromatic carbocycles. The molecule has 0 bridgehead atoms. The number of aliphatic hydroxyl groups excluding tert-OH is 2. The van der Waals surface area contributed by atoms with Crippen LogP contribution in [0.1, 0.15) is 6.23 Å². The second-order valence-corrected chi connectivity index (χ2v) is 5.11. The number of terminal acetylenes is 1. The lowest BCUT2D eigenvalue weighted by molar-refractivity contribution is -0.0718. The average Bonchev–Trinajstić information content (AvgIpc) is 3.01. The van der Waals surface area contributed by atoms with E-state index in [0.29, 0.717) is 11.0 Å². The molecule has 0 amide bonds. The maximum atomic E-state index is 10.5. The number of hydrogen-bond acceptors (Lipinski definition) is 6. The largest absolute Gasteiger partial charge is 0.394 e. The molecule has 0 aliphatic carbocycles. The summed E-state index contributed by atoms with van der Waals surface area (Å²) in [7, 11) is 0.